The van der Waals surface area contributed by atoms with Gasteiger partial charge in [0.05, 0.1) is 6.10 Å². The first-order chi connectivity index (χ1) is 7.66. The van der Waals surface area contributed by atoms with Gasteiger partial charge < -0.3 is 5.11 Å². The lowest BCUT2D eigenvalue weighted by atomic mass is 9.93. The number of hydrogen-bond donors (Lipinski definition) is 1. The van der Waals surface area contributed by atoms with Gasteiger partial charge in [-0.3, -0.25) is 4.90 Å². The van der Waals surface area contributed by atoms with Crippen LogP contribution in [0.4, 0.5) is 0 Å². The van der Waals surface area contributed by atoms with E-state index < -0.39 is 0 Å². The maximum atomic E-state index is 9.60. The van der Waals surface area contributed by atoms with Gasteiger partial charge in [-0.1, -0.05) is 16.1 Å². The highest BCUT2D eigenvalue weighted by molar-refractivity contribution is 7.10. The molecule has 0 aliphatic carbocycles. The molecule has 1 fully saturated rings. The first kappa shape index (κ1) is 12.2. The lowest BCUT2D eigenvalue weighted by Gasteiger charge is -2.33. The summed E-state index contributed by atoms with van der Waals surface area (Å²) in [6.45, 7) is 4.59. The molecule has 1 aliphatic rings. The molecule has 0 saturated carbocycles. The summed E-state index contributed by atoms with van der Waals surface area (Å²) in [7, 11) is 0. The highest BCUT2D eigenvalue weighted by atomic mass is 35.5. The third kappa shape index (κ3) is 2.91. The van der Waals surface area contributed by atoms with Crippen LogP contribution in [0, 0.1) is 5.92 Å². The topological polar surface area (TPSA) is 49.2 Å². The van der Waals surface area contributed by atoms with Crippen molar-refractivity contribution < 1.29 is 5.11 Å². The zero-order chi connectivity index (χ0) is 11.5. The van der Waals surface area contributed by atoms with Crippen LogP contribution in [0.3, 0.4) is 0 Å². The number of aliphatic hydroxyl groups excluding tert-OH is 1. The Labute approximate surface area is 104 Å². The van der Waals surface area contributed by atoms with E-state index in [4.69, 9.17) is 11.6 Å². The second-order valence-electron chi connectivity index (χ2n) is 4.37. The molecule has 90 valence electrons. The Bertz CT molecular complexity index is 345. The number of halogens is 1. The molecule has 1 aliphatic heterocycles. The van der Waals surface area contributed by atoms with Crippen LogP contribution in [0.5, 0.6) is 0 Å². The van der Waals surface area contributed by atoms with Crippen LogP contribution in [0.25, 0.3) is 0 Å². The number of aromatic nitrogens is 2. The van der Waals surface area contributed by atoms with E-state index in [0.717, 1.165) is 38.2 Å². The van der Waals surface area contributed by atoms with Crippen molar-refractivity contribution in [3.05, 3.63) is 10.0 Å². The van der Waals surface area contributed by atoms with Crippen molar-refractivity contribution in [3.63, 3.8) is 0 Å². The predicted molar refractivity (Wildman–Crippen MR) is 64.6 cm³/mol. The van der Waals surface area contributed by atoms with Gasteiger partial charge in [0.25, 0.3) is 0 Å². The van der Waals surface area contributed by atoms with Gasteiger partial charge in [0.15, 0.2) is 0 Å². The minimum atomic E-state index is -0.230. The summed E-state index contributed by atoms with van der Waals surface area (Å²) in [6, 6.07) is 0. The molecule has 1 aromatic rings. The van der Waals surface area contributed by atoms with Crippen LogP contribution in [0.2, 0.25) is 4.34 Å². The third-order valence-electron chi connectivity index (χ3n) is 3.11. The van der Waals surface area contributed by atoms with Crippen molar-refractivity contribution >= 4 is 23.1 Å². The summed E-state index contributed by atoms with van der Waals surface area (Å²) in [4.78, 5) is 2.30. The van der Waals surface area contributed by atoms with Crippen LogP contribution < -0.4 is 0 Å². The largest absolute Gasteiger partial charge is 0.393 e. The first-order valence-corrected chi connectivity index (χ1v) is 6.69. The van der Waals surface area contributed by atoms with E-state index in [-0.39, 0.29) is 6.10 Å². The fraction of sp³-hybridized carbons (Fsp3) is 0.800. The molecule has 2 unspecified atom stereocenters. The molecule has 4 nitrogen and oxygen atoms in total. The zero-order valence-corrected chi connectivity index (χ0v) is 10.8. The molecular weight excluding hydrogens is 246 g/mol. The average Bonchev–Trinajstić information content (AvgIpc) is 2.65. The van der Waals surface area contributed by atoms with Crippen molar-refractivity contribution in [3.8, 4) is 0 Å². The Hall–Kier alpha value is -0.230. The highest BCUT2D eigenvalue weighted by Gasteiger charge is 2.24. The van der Waals surface area contributed by atoms with Crippen LogP contribution in [0.1, 0.15) is 25.5 Å². The van der Waals surface area contributed by atoms with Crippen molar-refractivity contribution in [1.29, 1.82) is 0 Å². The van der Waals surface area contributed by atoms with Crippen LogP contribution in [-0.4, -0.2) is 38.8 Å². The smallest absolute Gasteiger partial charge is 0.138 e. The van der Waals surface area contributed by atoms with E-state index in [0.29, 0.717) is 10.3 Å². The average molecular weight is 262 g/mol. The second-order valence-corrected chi connectivity index (χ2v) is 5.73. The first-order valence-electron chi connectivity index (χ1n) is 5.54. The highest BCUT2D eigenvalue weighted by Crippen LogP contribution is 2.24. The Morgan fingerprint density at radius 2 is 2.50 bits per heavy atom. The minimum absolute atomic E-state index is 0.230. The lowest BCUT2D eigenvalue weighted by Crippen LogP contribution is -2.39. The van der Waals surface area contributed by atoms with E-state index in [1.165, 1.54) is 11.5 Å². The monoisotopic (exact) mass is 261 g/mol. The summed E-state index contributed by atoms with van der Waals surface area (Å²) < 4.78 is 4.50. The van der Waals surface area contributed by atoms with Gasteiger partial charge in [0, 0.05) is 24.6 Å². The van der Waals surface area contributed by atoms with E-state index in [9.17, 15) is 5.11 Å². The molecule has 1 aromatic heterocycles. The number of aliphatic hydroxyl groups is 1. The van der Waals surface area contributed by atoms with Crippen molar-refractivity contribution in [2.75, 3.05) is 13.1 Å². The molecule has 1 N–H and O–H groups in total. The van der Waals surface area contributed by atoms with E-state index in [1.54, 1.807) is 0 Å². The molecule has 0 radical (unpaired) electrons. The van der Waals surface area contributed by atoms with Crippen molar-refractivity contribution in [1.82, 2.24) is 14.5 Å². The Balaban J connectivity index is 1.93. The van der Waals surface area contributed by atoms with Gasteiger partial charge in [-0.2, -0.15) is 0 Å². The fourth-order valence-corrected chi connectivity index (χ4v) is 2.74. The molecule has 2 atom stereocenters. The third-order valence-corrected chi connectivity index (χ3v) is 4.09. The summed E-state index contributed by atoms with van der Waals surface area (Å²) in [6.07, 6.45) is 2.01. The van der Waals surface area contributed by atoms with Crippen LogP contribution in [0.15, 0.2) is 0 Å². The van der Waals surface area contributed by atoms with Gasteiger partial charge in [-0.25, -0.2) is 0 Å². The number of rotatable bonds is 3. The number of piperidine rings is 1. The lowest BCUT2D eigenvalue weighted by molar-refractivity contribution is 0.0594. The summed E-state index contributed by atoms with van der Waals surface area (Å²) >= 11 is 7.20. The zero-order valence-electron chi connectivity index (χ0n) is 9.27. The number of likely N-dealkylation sites (tertiary alicyclic amines) is 1. The maximum Gasteiger partial charge on any atom is 0.138 e. The molecule has 0 bridgehead atoms. The molecule has 6 heteroatoms. The Morgan fingerprint density at radius 1 is 1.69 bits per heavy atom. The maximum absolute atomic E-state index is 9.60. The second kappa shape index (κ2) is 5.40. The van der Waals surface area contributed by atoms with Gasteiger partial charge >= 0.3 is 0 Å². The van der Waals surface area contributed by atoms with E-state index in [2.05, 4.69) is 14.5 Å². The van der Waals surface area contributed by atoms with Gasteiger partial charge in [0.2, 0.25) is 0 Å². The molecule has 0 aromatic carbocycles. The molecule has 2 rings (SSSR count). The molecule has 16 heavy (non-hydrogen) atoms. The molecule has 1 saturated heterocycles. The van der Waals surface area contributed by atoms with Crippen LogP contribution >= 0.6 is 23.1 Å². The molecule has 0 spiro atoms. The standard InChI is InChI=1S/C10H16ClN3OS/c1-7(15)8-3-2-4-14(5-8)6-9-10(11)16-13-12-9/h7-8,15H,2-6H2,1H3. The Kier molecular flexibility index (Phi) is 4.13. The fourth-order valence-electron chi connectivity index (χ4n) is 2.13. The predicted octanol–water partition coefficient (Wildman–Crippen LogP) is 1.78. The molecule has 2 heterocycles. The number of nitrogens with zero attached hydrogens (tertiary/aromatic N) is 3. The summed E-state index contributed by atoms with van der Waals surface area (Å²) in [5.41, 5.74) is 0.859. The van der Waals surface area contributed by atoms with Crippen molar-refractivity contribution in [2.45, 2.75) is 32.4 Å². The summed E-state index contributed by atoms with van der Waals surface area (Å²) in [5.74, 6) is 0.374. The van der Waals surface area contributed by atoms with E-state index >= 15 is 0 Å². The summed E-state index contributed by atoms with van der Waals surface area (Å²) in [5, 5.41) is 13.6. The Morgan fingerprint density at radius 3 is 3.12 bits per heavy atom. The number of hydrogen-bond acceptors (Lipinski definition) is 5. The van der Waals surface area contributed by atoms with Crippen molar-refractivity contribution in [2.24, 2.45) is 5.92 Å². The van der Waals surface area contributed by atoms with Crippen LogP contribution in [-0.2, 0) is 6.54 Å². The SMILES string of the molecule is CC(O)C1CCCN(Cc2nnsc2Cl)C1. The quantitative estimate of drug-likeness (QED) is 0.901. The van der Waals surface area contributed by atoms with E-state index in [1.807, 2.05) is 6.92 Å². The molecule has 0 amide bonds. The minimum Gasteiger partial charge on any atom is -0.393 e. The molecular formula is C10H16ClN3OS. The van der Waals surface area contributed by atoms with Gasteiger partial charge in [-0.15, -0.1) is 5.10 Å². The normalized spacial score (nSPS) is 24.6. The van der Waals surface area contributed by atoms with Gasteiger partial charge in [0.1, 0.15) is 10.0 Å². The van der Waals surface area contributed by atoms with Gasteiger partial charge in [-0.05, 0) is 32.2 Å².